The maximum atomic E-state index is 13.4. The van der Waals surface area contributed by atoms with Gasteiger partial charge in [-0.3, -0.25) is 0 Å². The summed E-state index contributed by atoms with van der Waals surface area (Å²) in [7, 11) is 0. The van der Waals surface area contributed by atoms with Gasteiger partial charge in [-0.1, -0.05) is 6.07 Å². The molecule has 0 amide bonds. The normalized spacial score (nSPS) is 12.4. The lowest BCUT2D eigenvalue weighted by Crippen LogP contribution is -2.12. The van der Waals surface area contributed by atoms with Gasteiger partial charge in [0.1, 0.15) is 0 Å². The Morgan fingerprint density at radius 1 is 0.947 bits per heavy atom. The molecule has 0 aromatic heterocycles. The van der Waals surface area contributed by atoms with Gasteiger partial charge in [0.15, 0.2) is 23.3 Å². The Labute approximate surface area is 111 Å². The zero-order chi connectivity index (χ0) is 13.6. The van der Waals surface area contributed by atoms with Crippen molar-refractivity contribution in [3.8, 4) is 0 Å². The highest BCUT2D eigenvalue weighted by Gasteiger charge is 2.27. The lowest BCUT2D eigenvalue weighted by atomic mass is 9.92. The molecule has 0 unspecified atom stereocenters. The SMILES string of the molecule is FC1=C(F)C2=C(SCc3ccc(F)c(F)c3)C(=C1)C2. The van der Waals surface area contributed by atoms with Gasteiger partial charge < -0.3 is 0 Å². The summed E-state index contributed by atoms with van der Waals surface area (Å²) in [6, 6.07) is 4.84. The first-order chi connectivity index (χ1) is 9.06. The van der Waals surface area contributed by atoms with Crippen molar-refractivity contribution < 1.29 is 17.6 Å². The number of benzene rings is 2. The highest BCUT2D eigenvalue weighted by molar-refractivity contribution is 7.98. The van der Waals surface area contributed by atoms with Crippen LogP contribution in [-0.2, 0) is 12.2 Å². The summed E-state index contributed by atoms with van der Waals surface area (Å²) in [5.41, 5.74) is 1.75. The molecule has 4 rings (SSSR count). The molecule has 0 aliphatic heterocycles. The molecule has 0 saturated heterocycles. The van der Waals surface area contributed by atoms with Crippen LogP contribution in [0.4, 0.5) is 17.6 Å². The minimum absolute atomic E-state index is 0.377. The molecule has 0 radical (unpaired) electrons. The Bertz CT molecular complexity index is 667. The third kappa shape index (κ3) is 2.12. The lowest BCUT2D eigenvalue weighted by molar-refractivity contribution is 0.484. The molecule has 2 aromatic carbocycles. The van der Waals surface area contributed by atoms with Gasteiger partial charge in [0.25, 0.3) is 0 Å². The van der Waals surface area contributed by atoms with Gasteiger partial charge >= 0.3 is 0 Å². The Balaban J connectivity index is 1.78. The summed E-state index contributed by atoms with van der Waals surface area (Å²) < 4.78 is 52.1. The minimum atomic E-state index is -0.902. The molecule has 0 nitrogen and oxygen atoms in total. The standard InChI is InChI=1S/C14H8F4S/c15-10-2-1-7(3-11(10)16)6-19-14-8-4-9(14)13(18)12(17)5-8/h1-3,5H,4,6H2. The second kappa shape index (κ2) is 4.56. The second-order valence-electron chi connectivity index (χ2n) is 4.35. The number of halogens is 4. The second-order valence-corrected chi connectivity index (χ2v) is 5.34. The van der Waals surface area contributed by atoms with Gasteiger partial charge in [-0.15, -0.1) is 11.8 Å². The predicted molar refractivity (Wildman–Crippen MR) is 65.1 cm³/mol. The molecule has 0 spiro atoms. The number of rotatable bonds is 3. The van der Waals surface area contributed by atoms with E-state index >= 15 is 0 Å². The molecule has 19 heavy (non-hydrogen) atoms. The smallest absolute Gasteiger partial charge is 0.163 e. The Hall–Kier alpha value is -1.49. The van der Waals surface area contributed by atoms with E-state index in [1.807, 2.05) is 0 Å². The van der Waals surface area contributed by atoms with E-state index < -0.39 is 23.3 Å². The summed E-state index contributed by atoms with van der Waals surface area (Å²) in [4.78, 5) is 0.712. The van der Waals surface area contributed by atoms with E-state index in [2.05, 4.69) is 0 Å². The summed E-state index contributed by atoms with van der Waals surface area (Å²) in [5.74, 6) is -3.03. The van der Waals surface area contributed by atoms with Gasteiger partial charge in [0.2, 0.25) is 0 Å². The van der Waals surface area contributed by atoms with Gasteiger partial charge in [-0.05, 0) is 29.3 Å². The molecular formula is C14H8F4S. The van der Waals surface area contributed by atoms with E-state index in [1.165, 1.54) is 23.9 Å². The quantitative estimate of drug-likeness (QED) is 0.506. The van der Waals surface area contributed by atoms with Crippen molar-refractivity contribution in [1.82, 2.24) is 0 Å². The zero-order valence-electron chi connectivity index (χ0n) is 9.64. The van der Waals surface area contributed by atoms with E-state index in [4.69, 9.17) is 0 Å². The summed E-state index contributed by atoms with van der Waals surface area (Å²) in [6.07, 6.45) is 0.444. The lowest BCUT2D eigenvalue weighted by Gasteiger charge is -2.24. The Kier molecular flexibility index (Phi) is 3.01. The number of hydrogen-bond acceptors (Lipinski definition) is 1. The first kappa shape index (κ1) is 12.5. The van der Waals surface area contributed by atoms with Gasteiger partial charge in [-0.25, -0.2) is 17.6 Å². The average molecular weight is 284 g/mol. The molecule has 2 aromatic rings. The molecule has 0 N–H and O–H groups in total. The summed E-state index contributed by atoms with van der Waals surface area (Å²) in [5, 5.41) is 0. The van der Waals surface area contributed by atoms with Crippen molar-refractivity contribution in [2.45, 2.75) is 17.1 Å². The van der Waals surface area contributed by atoms with Crippen LogP contribution in [0.5, 0.6) is 0 Å². The Morgan fingerprint density at radius 3 is 2.42 bits per heavy atom. The van der Waals surface area contributed by atoms with Crippen LogP contribution in [0.15, 0.2) is 29.2 Å². The number of hydrogen-bond donors (Lipinski definition) is 0. The fourth-order valence-electron chi connectivity index (χ4n) is 2.06. The molecule has 0 saturated carbocycles. The van der Waals surface area contributed by atoms with Crippen LogP contribution in [0.1, 0.15) is 16.7 Å². The maximum Gasteiger partial charge on any atom is 0.163 e. The van der Waals surface area contributed by atoms with Crippen molar-refractivity contribution in [2.24, 2.45) is 0 Å². The fourth-order valence-corrected chi connectivity index (χ4v) is 3.20. The van der Waals surface area contributed by atoms with Crippen molar-refractivity contribution in [3.63, 3.8) is 0 Å². The van der Waals surface area contributed by atoms with Crippen LogP contribution in [-0.4, -0.2) is 0 Å². The maximum absolute atomic E-state index is 13.4. The van der Waals surface area contributed by atoms with E-state index in [-0.39, 0.29) is 0 Å². The largest absolute Gasteiger partial charge is 0.204 e. The zero-order valence-corrected chi connectivity index (χ0v) is 10.5. The van der Waals surface area contributed by atoms with E-state index in [0.717, 1.165) is 17.7 Å². The molecule has 0 atom stereocenters. The van der Waals surface area contributed by atoms with Gasteiger partial charge in [0, 0.05) is 22.6 Å². The fraction of sp³-hybridized carbons (Fsp3) is 0.143. The molecule has 0 fully saturated rings. The van der Waals surface area contributed by atoms with Crippen LogP contribution in [0.2, 0.25) is 0 Å². The van der Waals surface area contributed by atoms with Crippen LogP contribution in [0, 0.1) is 23.3 Å². The molecule has 2 bridgehead atoms. The van der Waals surface area contributed by atoms with Gasteiger partial charge in [-0.2, -0.15) is 0 Å². The van der Waals surface area contributed by atoms with Crippen molar-refractivity contribution in [2.75, 3.05) is 0 Å². The first-order valence-electron chi connectivity index (χ1n) is 5.62. The molecular weight excluding hydrogens is 276 g/mol. The highest BCUT2D eigenvalue weighted by atomic mass is 32.2. The van der Waals surface area contributed by atoms with Crippen molar-refractivity contribution >= 4 is 11.8 Å². The monoisotopic (exact) mass is 284 g/mol. The molecule has 0 heterocycles. The van der Waals surface area contributed by atoms with Gasteiger partial charge in [0.05, 0.1) is 0 Å². The number of thioether (sulfide) groups is 1. The van der Waals surface area contributed by atoms with Crippen LogP contribution in [0.25, 0.3) is 0 Å². The van der Waals surface area contributed by atoms with Crippen LogP contribution >= 0.6 is 11.8 Å². The topological polar surface area (TPSA) is 0 Å². The minimum Gasteiger partial charge on any atom is -0.204 e. The summed E-state index contributed by atoms with van der Waals surface area (Å²) in [6.45, 7) is 0. The predicted octanol–water partition coefficient (Wildman–Crippen LogP) is 4.44. The van der Waals surface area contributed by atoms with Crippen LogP contribution < -0.4 is 0 Å². The Morgan fingerprint density at radius 2 is 1.74 bits per heavy atom. The van der Waals surface area contributed by atoms with Crippen LogP contribution in [0.3, 0.4) is 0 Å². The molecule has 98 valence electrons. The molecule has 5 heteroatoms. The number of fused-ring (bicyclic) bond motifs is 2. The van der Waals surface area contributed by atoms with Crippen molar-refractivity contribution in [3.05, 3.63) is 64.2 Å². The first-order valence-corrected chi connectivity index (χ1v) is 6.61. The van der Waals surface area contributed by atoms with Crippen molar-refractivity contribution in [1.29, 1.82) is 0 Å². The molecule has 2 aliphatic carbocycles. The van der Waals surface area contributed by atoms with E-state index in [9.17, 15) is 17.6 Å². The third-order valence-electron chi connectivity index (χ3n) is 3.08. The molecule has 2 aliphatic rings. The highest BCUT2D eigenvalue weighted by Crippen LogP contribution is 2.41. The van der Waals surface area contributed by atoms with E-state index in [0.29, 0.717) is 28.2 Å². The third-order valence-corrected chi connectivity index (χ3v) is 4.35. The summed E-state index contributed by atoms with van der Waals surface area (Å²) >= 11 is 1.31. The van der Waals surface area contributed by atoms with E-state index in [1.54, 1.807) is 0 Å². The average Bonchev–Trinajstić information content (AvgIpc) is 2.36.